The number of rotatable bonds is 7. The van der Waals surface area contributed by atoms with Crippen LogP contribution in [-0.4, -0.2) is 17.0 Å². The Balaban J connectivity index is 1.63. The third-order valence-corrected chi connectivity index (χ3v) is 4.26. The molecule has 8 nitrogen and oxygen atoms in total. The summed E-state index contributed by atoms with van der Waals surface area (Å²) >= 11 is 0. The van der Waals surface area contributed by atoms with Gasteiger partial charge in [-0.1, -0.05) is 23.4 Å². The first-order valence-corrected chi connectivity index (χ1v) is 8.99. The third kappa shape index (κ3) is 4.00. The lowest BCUT2D eigenvalue weighted by Crippen LogP contribution is -2.25. The Hall–Kier alpha value is -4.14. The number of halogens is 1. The van der Waals surface area contributed by atoms with Crippen LogP contribution in [0.5, 0.6) is 0 Å². The summed E-state index contributed by atoms with van der Waals surface area (Å²) in [5, 5.41) is 8.95. The zero-order chi connectivity index (χ0) is 20.9. The molecule has 0 spiro atoms. The summed E-state index contributed by atoms with van der Waals surface area (Å²) in [7, 11) is 0. The van der Waals surface area contributed by atoms with Gasteiger partial charge in [-0.3, -0.25) is 9.59 Å². The summed E-state index contributed by atoms with van der Waals surface area (Å²) in [5.41, 5.74) is -0.234. The second-order valence-corrected chi connectivity index (χ2v) is 6.24. The number of carbonyl (C=O) groups is 2. The third-order valence-electron chi connectivity index (χ3n) is 4.26. The maximum atomic E-state index is 14.5. The number of carbonyl (C=O) groups excluding carboxylic acids is 2. The van der Waals surface area contributed by atoms with Crippen molar-refractivity contribution in [1.29, 1.82) is 0 Å². The van der Waals surface area contributed by atoms with Gasteiger partial charge in [0.05, 0.1) is 31.2 Å². The predicted molar refractivity (Wildman–Crippen MR) is 102 cm³/mol. The van der Waals surface area contributed by atoms with Crippen molar-refractivity contribution in [3.63, 3.8) is 0 Å². The highest BCUT2D eigenvalue weighted by Gasteiger charge is 2.29. The molecule has 0 bridgehead atoms. The number of amides is 2. The van der Waals surface area contributed by atoms with E-state index < -0.39 is 17.6 Å². The minimum Gasteiger partial charge on any atom is -0.467 e. The van der Waals surface area contributed by atoms with Crippen molar-refractivity contribution in [3.05, 3.63) is 89.8 Å². The van der Waals surface area contributed by atoms with Crippen LogP contribution in [0.4, 0.5) is 4.39 Å². The van der Waals surface area contributed by atoms with Crippen molar-refractivity contribution in [2.45, 2.75) is 13.1 Å². The lowest BCUT2D eigenvalue weighted by atomic mass is 10.0. The molecular formula is C21H16FN3O5. The molecule has 30 heavy (non-hydrogen) atoms. The lowest BCUT2D eigenvalue weighted by molar-refractivity contribution is 0.0903. The minimum atomic E-state index is -0.665. The largest absolute Gasteiger partial charge is 0.467 e. The predicted octanol–water partition coefficient (Wildman–Crippen LogP) is 3.53. The van der Waals surface area contributed by atoms with Gasteiger partial charge in [0.1, 0.15) is 17.3 Å². The monoisotopic (exact) mass is 409 g/mol. The minimum absolute atomic E-state index is 0.0186. The van der Waals surface area contributed by atoms with Crippen LogP contribution in [0.1, 0.15) is 32.6 Å². The molecule has 0 aliphatic rings. The van der Waals surface area contributed by atoms with Gasteiger partial charge in [0.2, 0.25) is 5.76 Å². The fourth-order valence-corrected chi connectivity index (χ4v) is 2.84. The van der Waals surface area contributed by atoms with E-state index in [0.29, 0.717) is 11.5 Å². The number of aromatic nitrogens is 1. The molecule has 2 N–H and O–H groups in total. The number of benzene rings is 1. The van der Waals surface area contributed by atoms with Crippen LogP contribution >= 0.6 is 0 Å². The van der Waals surface area contributed by atoms with Crippen molar-refractivity contribution < 1.29 is 27.3 Å². The second kappa shape index (κ2) is 8.48. The molecule has 3 aromatic heterocycles. The molecule has 4 aromatic rings. The van der Waals surface area contributed by atoms with Crippen molar-refractivity contribution in [1.82, 2.24) is 15.8 Å². The van der Waals surface area contributed by atoms with E-state index >= 15 is 0 Å². The van der Waals surface area contributed by atoms with E-state index in [2.05, 4.69) is 15.8 Å². The van der Waals surface area contributed by atoms with Gasteiger partial charge in [0.15, 0.2) is 5.69 Å². The Kier molecular flexibility index (Phi) is 5.42. The van der Waals surface area contributed by atoms with Crippen LogP contribution in [0.2, 0.25) is 0 Å². The van der Waals surface area contributed by atoms with E-state index in [1.807, 2.05) is 0 Å². The molecule has 0 unspecified atom stereocenters. The van der Waals surface area contributed by atoms with E-state index in [9.17, 15) is 14.0 Å². The highest BCUT2D eigenvalue weighted by molar-refractivity contribution is 6.06. The van der Waals surface area contributed by atoms with Gasteiger partial charge in [-0.2, -0.15) is 0 Å². The highest BCUT2D eigenvalue weighted by atomic mass is 19.1. The number of nitrogens with zero attached hydrogens (tertiary/aromatic N) is 1. The van der Waals surface area contributed by atoms with Crippen molar-refractivity contribution in [3.8, 4) is 11.1 Å². The van der Waals surface area contributed by atoms with Crippen LogP contribution in [-0.2, 0) is 13.1 Å². The Morgan fingerprint density at radius 3 is 2.10 bits per heavy atom. The van der Waals surface area contributed by atoms with Crippen molar-refractivity contribution in [2.24, 2.45) is 0 Å². The molecule has 1 aromatic carbocycles. The average Bonchev–Trinajstić information content (AvgIpc) is 3.52. The molecule has 152 valence electrons. The lowest BCUT2D eigenvalue weighted by Gasteiger charge is -2.07. The van der Waals surface area contributed by atoms with Gasteiger partial charge in [-0.15, -0.1) is 0 Å². The van der Waals surface area contributed by atoms with Crippen LogP contribution in [0.15, 0.2) is 74.4 Å². The zero-order valence-electron chi connectivity index (χ0n) is 15.6. The molecule has 9 heteroatoms. The topological polar surface area (TPSA) is 111 Å². The summed E-state index contributed by atoms with van der Waals surface area (Å²) < 4.78 is 30.0. The Labute approximate surface area is 169 Å². The number of hydrogen-bond donors (Lipinski definition) is 2. The fourth-order valence-electron chi connectivity index (χ4n) is 2.84. The van der Waals surface area contributed by atoms with Crippen LogP contribution in [0.25, 0.3) is 11.1 Å². The maximum Gasteiger partial charge on any atom is 0.290 e. The van der Waals surface area contributed by atoms with Crippen molar-refractivity contribution in [2.75, 3.05) is 0 Å². The van der Waals surface area contributed by atoms with Crippen LogP contribution in [0, 0.1) is 5.82 Å². The second-order valence-electron chi connectivity index (χ2n) is 6.24. The Morgan fingerprint density at radius 2 is 1.50 bits per heavy atom. The Bertz CT molecular complexity index is 1080. The SMILES string of the molecule is O=C(NCc1ccco1)c1noc(C(=O)NCc2ccco2)c1-c1ccccc1F. The molecule has 2 amide bonds. The van der Waals surface area contributed by atoms with E-state index in [1.54, 1.807) is 30.3 Å². The van der Waals surface area contributed by atoms with Gasteiger partial charge < -0.3 is 24.0 Å². The van der Waals surface area contributed by atoms with Crippen LogP contribution < -0.4 is 10.6 Å². The molecule has 3 heterocycles. The van der Waals surface area contributed by atoms with E-state index in [1.165, 1.54) is 30.7 Å². The summed E-state index contributed by atoms with van der Waals surface area (Å²) in [4.78, 5) is 25.4. The zero-order valence-corrected chi connectivity index (χ0v) is 15.6. The van der Waals surface area contributed by atoms with Gasteiger partial charge >= 0.3 is 0 Å². The first kappa shape index (κ1) is 19.2. The van der Waals surface area contributed by atoms with E-state index in [0.717, 1.165) is 0 Å². The van der Waals surface area contributed by atoms with Gasteiger partial charge in [0, 0.05) is 5.56 Å². The summed E-state index contributed by atoms with van der Waals surface area (Å²) in [5.74, 6) is -1.17. The average molecular weight is 409 g/mol. The maximum absolute atomic E-state index is 14.5. The quantitative estimate of drug-likeness (QED) is 0.483. The van der Waals surface area contributed by atoms with E-state index in [4.69, 9.17) is 13.4 Å². The molecule has 0 saturated heterocycles. The highest BCUT2D eigenvalue weighted by Crippen LogP contribution is 2.30. The summed E-state index contributed by atoms with van der Waals surface area (Å²) in [6, 6.07) is 12.5. The molecule has 0 radical (unpaired) electrons. The molecule has 0 aliphatic heterocycles. The van der Waals surface area contributed by atoms with Gasteiger partial charge in [0.25, 0.3) is 11.8 Å². The first-order chi connectivity index (χ1) is 14.6. The molecule has 0 fully saturated rings. The van der Waals surface area contributed by atoms with Crippen LogP contribution in [0.3, 0.4) is 0 Å². The molecule has 0 aliphatic carbocycles. The summed E-state index contributed by atoms with van der Waals surface area (Å²) in [6.45, 7) is 0.179. The molecule has 0 saturated carbocycles. The number of nitrogens with one attached hydrogen (secondary N) is 2. The molecule has 4 rings (SSSR count). The first-order valence-electron chi connectivity index (χ1n) is 8.99. The number of furan rings is 2. The number of hydrogen-bond acceptors (Lipinski definition) is 6. The van der Waals surface area contributed by atoms with Gasteiger partial charge in [-0.25, -0.2) is 4.39 Å². The smallest absolute Gasteiger partial charge is 0.290 e. The van der Waals surface area contributed by atoms with E-state index in [-0.39, 0.29) is 35.7 Å². The molecule has 0 atom stereocenters. The van der Waals surface area contributed by atoms with Crippen molar-refractivity contribution >= 4 is 11.8 Å². The standard InChI is InChI=1S/C21H16FN3O5/c22-16-8-2-1-7-15(16)17-18(20(26)23-11-13-5-3-9-28-13)25-30-19(17)21(27)24-12-14-6-4-10-29-14/h1-10H,11-12H2,(H,23,26)(H,24,27). The fraction of sp³-hybridized carbons (Fsp3) is 0.0952. The molecular weight excluding hydrogens is 393 g/mol. The Morgan fingerprint density at radius 1 is 0.867 bits per heavy atom. The summed E-state index contributed by atoms with van der Waals surface area (Å²) in [6.07, 6.45) is 2.95. The normalized spacial score (nSPS) is 10.7. The van der Waals surface area contributed by atoms with Gasteiger partial charge in [-0.05, 0) is 30.3 Å².